The van der Waals surface area contributed by atoms with Crippen LogP contribution < -0.4 is 5.32 Å². The Morgan fingerprint density at radius 1 is 1.41 bits per heavy atom. The van der Waals surface area contributed by atoms with Gasteiger partial charge in [0.15, 0.2) is 0 Å². The van der Waals surface area contributed by atoms with E-state index in [-0.39, 0.29) is 5.91 Å². The molecule has 1 fully saturated rings. The van der Waals surface area contributed by atoms with Crippen LogP contribution in [0.5, 0.6) is 0 Å². The van der Waals surface area contributed by atoms with Crippen molar-refractivity contribution < 1.29 is 9.53 Å². The molecule has 0 aromatic carbocycles. The van der Waals surface area contributed by atoms with Crippen LogP contribution in [0.4, 0.5) is 0 Å². The minimum absolute atomic E-state index is 0.211. The summed E-state index contributed by atoms with van der Waals surface area (Å²) in [4.78, 5) is 16.0. The third kappa shape index (κ3) is 6.00. The summed E-state index contributed by atoms with van der Waals surface area (Å²) < 4.78 is 4.98. The van der Waals surface area contributed by atoms with E-state index in [0.717, 1.165) is 45.6 Å². The second-order valence-corrected chi connectivity index (χ2v) is 4.54. The summed E-state index contributed by atoms with van der Waals surface area (Å²) >= 11 is 0. The Hall–Kier alpha value is -0.650. The SMILES string of the molecule is COCCCN(C)C(=O)CN1CCCNCC1. The molecule has 1 aliphatic heterocycles. The van der Waals surface area contributed by atoms with E-state index in [4.69, 9.17) is 4.74 Å². The van der Waals surface area contributed by atoms with E-state index < -0.39 is 0 Å². The zero-order valence-corrected chi connectivity index (χ0v) is 11.1. The molecule has 100 valence electrons. The van der Waals surface area contributed by atoms with E-state index in [1.807, 2.05) is 7.05 Å². The fourth-order valence-corrected chi connectivity index (χ4v) is 1.94. The van der Waals surface area contributed by atoms with Gasteiger partial charge < -0.3 is 15.0 Å². The molecule has 0 atom stereocenters. The van der Waals surface area contributed by atoms with Crippen LogP contribution in [-0.2, 0) is 9.53 Å². The van der Waals surface area contributed by atoms with Gasteiger partial charge in [-0.15, -0.1) is 0 Å². The van der Waals surface area contributed by atoms with Crippen molar-refractivity contribution in [1.82, 2.24) is 15.1 Å². The Morgan fingerprint density at radius 3 is 3.00 bits per heavy atom. The molecule has 0 aromatic rings. The lowest BCUT2D eigenvalue weighted by molar-refractivity contribution is -0.131. The van der Waals surface area contributed by atoms with Gasteiger partial charge in [-0.1, -0.05) is 0 Å². The number of carbonyl (C=O) groups is 1. The molecule has 0 unspecified atom stereocenters. The summed E-state index contributed by atoms with van der Waals surface area (Å²) in [6.07, 6.45) is 2.03. The van der Waals surface area contributed by atoms with Crippen LogP contribution in [0.1, 0.15) is 12.8 Å². The number of likely N-dealkylation sites (N-methyl/N-ethyl adjacent to an activating group) is 1. The minimum Gasteiger partial charge on any atom is -0.385 e. The standard InChI is InChI=1S/C12H25N3O2/c1-14(7-4-10-17-2)12(16)11-15-8-3-5-13-6-9-15/h13H,3-11H2,1-2H3. The lowest BCUT2D eigenvalue weighted by Gasteiger charge is -2.23. The first kappa shape index (κ1) is 14.4. The van der Waals surface area contributed by atoms with Gasteiger partial charge in [-0.05, 0) is 25.9 Å². The molecule has 1 aliphatic rings. The van der Waals surface area contributed by atoms with Crippen LogP contribution in [0.25, 0.3) is 0 Å². The van der Waals surface area contributed by atoms with Gasteiger partial charge in [-0.25, -0.2) is 0 Å². The van der Waals surface area contributed by atoms with Crippen molar-refractivity contribution in [2.24, 2.45) is 0 Å². The fraction of sp³-hybridized carbons (Fsp3) is 0.917. The summed E-state index contributed by atoms with van der Waals surface area (Å²) in [7, 11) is 3.56. The molecule has 0 bridgehead atoms. The molecule has 5 heteroatoms. The van der Waals surface area contributed by atoms with Crippen LogP contribution in [0.2, 0.25) is 0 Å². The van der Waals surface area contributed by atoms with Crippen LogP contribution in [-0.4, -0.2) is 75.7 Å². The molecule has 0 radical (unpaired) electrons. The van der Waals surface area contributed by atoms with Gasteiger partial charge in [-0.3, -0.25) is 9.69 Å². The highest BCUT2D eigenvalue weighted by atomic mass is 16.5. The van der Waals surface area contributed by atoms with Gasteiger partial charge >= 0.3 is 0 Å². The van der Waals surface area contributed by atoms with Crippen LogP contribution in [0.15, 0.2) is 0 Å². The van der Waals surface area contributed by atoms with Gasteiger partial charge in [0.25, 0.3) is 0 Å². The Morgan fingerprint density at radius 2 is 2.24 bits per heavy atom. The summed E-state index contributed by atoms with van der Waals surface area (Å²) in [6.45, 7) is 6.08. The molecule has 0 aromatic heterocycles. The average Bonchev–Trinajstić information content (AvgIpc) is 2.57. The second kappa shape index (κ2) is 8.44. The van der Waals surface area contributed by atoms with Crippen LogP contribution in [0.3, 0.4) is 0 Å². The smallest absolute Gasteiger partial charge is 0.236 e. The first-order valence-corrected chi connectivity index (χ1v) is 6.40. The molecule has 0 saturated carbocycles. The van der Waals surface area contributed by atoms with Gasteiger partial charge in [0, 0.05) is 40.4 Å². The van der Waals surface area contributed by atoms with E-state index in [9.17, 15) is 4.79 Å². The molecule has 1 saturated heterocycles. The lowest BCUT2D eigenvalue weighted by Crippen LogP contribution is -2.40. The number of nitrogens with one attached hydrogen (secondary N) is 1. The van der Waals surface area contributed by atoms with Crippen molar-refractivity contribution in [3.05, 3.63) is 0 Å². The van der Waals surface area contributed by atoms with E-state index in [1.165, 1.54) is 0 Å². The zero-order chi connectivity index (χ0) is 12.5. The normalized spacial score (nSPS) is 17.8. The number of nitrogens with zero attached hydrogens (tertiary/aromatic N) is 2. The average molecular weight is 243 g/mol. The number of ether oxygens (including phenoxy) is 1. The molecule has 5 nitrogen and oxygen atoms in total. The summed E-state index contributed by atoms with van der Waals surface area (Å²) in [5, 5.41) is 3.34. The molecule has 0 spiro atoms. The van der Waals surface area contributed by atoms with Crippen molar-refractivity contribution >= 4 is 5.91 Å². The highest BCUT2D eigenvalue weighted by Crippen LogP contribution is 1.98. The maximum absolute atomic E-state index is 11.9. The summed E-state index contributed by atoms with van der Waals surface area (Å²) in [5.41, 5.74) is 0. The van der Waals surface area contributed by atoms with Crippen molar-refractivity contribution in [3.63, 3.8) is 0 Å². The Balaban J connectivity index is 2.21. The van der Waals surface area contributed by atoms with Crippen LogP contribution in [0, 0.1) is 0 Å². The number of hydrogen-bond acceptors (Lipinski definition) is 4. The van der Waals surface area contributed by atoms with Crippen LogP contribution >= 0.6 is 0 Å². The van der Waals surface area contributed by atoms with Crippen molar-refractivity contribution in [1.29, 1.82) is 0 Å². The third-order valence-corrected chi connectivity index (χ3v) is 3.06. The maximum atomic E-state index is 11.9. The van der Waals surface area contributed by atoms with Crippen molar-refractivity contribution in [2.45, 2.75) is 12.8 Å². The van der Waals surface area contributed by atoms with Gasteiger partial charge in [0.2, 0.25) is 5.91 Å². The Bertz CT molecular complexity index is 216. The second-order valence-electron chi connectivity index (χ2n) is 4.54. The molecular formula is C12H25N3O2. The molecule has 1 amide bonds. The third-order valence-electron chi connectivity index (χ3n) is 3.06. The zero-order valence-electron chi connectivity index (χ0n) is 11.1. The summed E-state index contributed by atoms with van der Waals surface area (Å²) in [6, 6.07) is 0. The minimum atomic E-state index is 0.211. The first-order valence-electron chi connectivity index (χ1n) is 6.40. The number of rotatable bonds is 6. The van der Waals surface area contributed by atoms with E-state index in [0.29, 0.717) is 13.2 Å². The Kier molecular flexibility index (Phi) is 7.16. The largest absolute Gasteiger partial charge is 0.385 e. The van der Waals surface area contributed by atoms with Crippen molar-refractivity contribution in [3.8, 4) is 0 Å². The summed E-state index contributed by atoms with van der Waals surface area (Å²) in [5.74, 6) is 0.211. The van der Waals surface area contributed by atoms with E-state index in [2.05, 4.69) is 10.2 Å². The molecule has 1 N–H and O–H groups in total. The number of carbonyl (C=O) groups excluding carboxylic acids is 1. The number of amides is 1. The van der Waals surface area contributed by atoms with Gasteiger partial charge in [-0.2, -0.15) is 0 Å². The quantitative estimate of drug-likeness (QED) is 0.655. The molecule has 1 heterocycles. The van der Waals surface area contributed by atoms with Crippen molar-refractivity contribution in [2.75, 3.05) is 60.0 Å². The number of hydrogen-bond donors (Lipinski definition) is 1. The predicted octanol–water partition coefficient (Wildman–Crippen LogP) is -0.223. The highest BCUT2D eigenvalue weighted by molar-refractivity contribution is 5.77. The maximum Gasteiger partial charge on any atom is 0.236 e. The highest BCUT2D eigenvalue weighted by Gasteiger charge is 2.15. The first-order chi connectivity index (χ1) is 8.24. The molecule has 0 aliphatic carbocycles. The predicted molar refractivity (Wildman–Crippen MR) is 68.1 cm³/mol. The van der Waals surface area contributed by atoms with E-state index in [1.54, 1.807) is 12.0 Å². The lowest BCUT2D eigenvalue weighted by atomic mass is 10.3. The molecule has 1 rings (SSSR count). The van der Waals surface area contributed by atoms with Gasteiger partial charge in [0.1, 0.15) is 0 Å². The monoisotopic (exact) mass is 243 g/mol. The Labute approximate surface area is 104 Å². The number of methoxy groups -OCH3 is 1. The molecule has 17 heavy (non-hydrogen) atoms. The topological polar surface area (TPSA) is 44.8 Å². The fourth-order valence-electron chi connectivity index (χ4n) is 1.94. The van der Waals surface area contributed by atoms with E-state index >= 15 is 0 Å². The molecular weight excluding hydrogens is 218 g/mol. The van der Waals surface area contributed by atoms with Gasteiger partial charge in [0.05, 0.1) is 6.54 Å².